The van der Waals surface area contributed by atoms with Gasteiger partial charge in [-0.1, -0.05) is 0 Å². The van der Waals surface area contributed by atoms with Crippen molar-refractivity contribution in [3.8, 4) is 0 Å². The van der Waals surface area contributed by atoms with Gasteiger partial charge in [-0.05, 0) is 31.9 Å². The third-order valence-electron chi connectivity index (χ3n) is 3.53. The van der Waals surface area contributed by atoms with Crippen molar-refractivity contribution in [3.63, 3.8) is 0 Å². The Morgan fingerprint density at radius 2 is 2.44 bits per heavy atom. The first-order chi connectivity index (χ1) is 8.74. The molecule has 0 aromatic carbocycles. The van der Waals surface area contributed by atoms with Crippen LogP contribution in [0.25, 0.3) is 0 Å². The van der Waals surface area contributed by atoms with Gasteiger partial charge in [-0.15, -0.1) is 11.3 Å². The molecule has 1 aromatic rings. The quantitative estimate of drug-likeness (QED) is 0.905. The zero-order chi connectivity index (χ0) is 12.5. The molecule has 98 valence electrons. The lowest BCUT2D eigenvalue weighted by Crippen LogP contribution is -2.36. The number of rotatable bonds is 3. The Labute approximate surface area is 111 Å². The summed E-state index contributed by atoms with van der Waals surface area (Å²) in [7, 11) is 0. The molecule has 18 heavy (non-hydrogen) atoms. The van der Waals surface area contributed by atoms with Gasteiger partial charge in [0.25, 0.3) is 0 Å². The van der Waals surface area contributed by atoms with Crippen LogP contribution in [0.15, 0.2) is 12.1 Å². The van der Waals surface area contributed by atoms with Crippen LogP contribution in [0.3, 0.4) is 0 Å². The summed E-state index contributed by atoms with van der Waals surface area (Å²) >= 11 is 1.75. The van der Waals surface area contributed by atoms with Crippen LogP contribution in [-0.4, -0.2) is 36.6 Å². The average molecular weight is 266 g/mol. The molecule has 2 atom stereocenters. The van der Waals surface area contributed by atoms with Gasteiger partial charge in [-0.25, -0.2) is 0 Å². The van der Waals surface area contributed by atoms with E-state index in [2.05, 4.69) is 24.4 Å². The lowest BCUT2D eigenvalue weighted by Gasteiger charge is -2.26. The topological polar surface area (TPSA) is 41.6 Å². The molecule has 2 aliphatic rings. The van der Waals surface area contributed by atoms with Gasteiger partial charge in [0.05, 0.1) is 12.6 Å². The van der Waals surface area contributed by atoms with Gasteiger partial charge in [-0.3, -0.25) is 10.1 Å². The molecule has 2 fully saturated rings. The van der Waals surface area contributed by atoms with Crippen molar-refractivity contribution in [2.75, 3.05) is 19.7 Å². The highest BCUT2D eigenvalue weighted by Crippen LogP contribution is 2.29. The minimum absolute atomic E-state index is 0.0420. The predicted molar refractivity (Wildman–Crippen MR) is 70.5 cm³/mol. The molecule has 0 saturated carbocycles. The second-order valence-electron chi connectivity index (χ2n) is 4.91. The van der Waals surface area contributed by atoms with E-state index in [9.17, 15) is 4.79 Å². The van der Waals surface area contributed by atoms with Gasteiger partial charge in [0, 0.05) is 22.9 Å². The van der Waals surface area contributed by atoms with Crippen LogP contribution in [0.1, 0.15) is 28.8 Å². The fourth-order valence-corrected chi connectivity index (χ4v) is 3.58. The largest absolute Gasteiger partial charge is 0.376 e. The van der Waals surface area contributed by atoms with Gasteiger partial charge in [0.1, 0.15) is 6.17 Å². The molecule has 3 rings (SSSR count). The molecule has 1 N–H and O–H groups in total. The summed E-state index contributed by atoms with van der Waals surface area (Å²) in [5.74, 6) is 0.182. The van der Waals surface area contributed by atoms with E-state index >= 15 is 0 Å². The molecular weight excluding hydrogens is 248 g/mol. The molecule has 0 spiro atoms. The number of amides is 1. The summed E-state index contributed by atoms with van der Waals surface area (Å²) in [5.41, 5.74) is 0. The van der Waals surface area contributed by atoms with Crippen molar-refractivity contribution in [2.45, 2.75) is 32.0 Å². The summed E-state index contributed by atoms with van der Waals surface area (Å²) in [6, 6.07) is 4.22. The SMILES string of the molecule is Cc1ccc(C2NCC(=O)N2CC2CCCO2)s1. The first kappa shape index (κ1) is 12.1. The van der Waals surface area contributed by atoms with Crippen molar-refractivity contribution in [1.29, 1.82) is 0 Å². The fourth-order valence-electron chi connectivity index (χ4n) is 2.61. The van der Waals surface area contributed by atoms with E-state index in [-0.39, 0.29) is 18.2 Å². The van der Waals surface area contributed by atoms with Crippen LogP contribution in [0, 0.1) is 6.92 Å². The smallest absolute Gasteiger partial charge is 0.238 e. The Bertz CT molecular complexity index is 440. The first-order valence-corrected chi connectivity index (χ1v) is 7.26. The summed E-state index contributed by atoms with van der Waals surface area (Å²) in [6.45, 7) is 4.08. The van der Waals surface area contributed by atoms with Crippen LogP contribution in [-0.2, 0) is 9.53 Å². The monoisotopic (exact) mass is 266 g/mol. The van der Waals surface area contributed by atoms with Crippen LogP contribution >= 0.6 is 11.3 Å². The second-order valence-corrected chi connectivity index (χ2v) is 6.23. The number of ether oxygens (including phenoxy) is 1. The first-order valence-electron chi connectivity index (χ1n) is 6.45. The maximum absolute atomic E-state index is 12.0. The van der Waals surface area contributed by atoms with Crippen LogP contribution in [0.2, 0.25) is 0 Å². The summed E-state index contributed by atoms with van der Waals surface area (Å²) in [6.07, 6.45) is 2.45. The Balaban J connectivity index is 1.74. The van der Waals surface area contributed by atoms with Gasteiger partial charge < -0.3 is 9.64 Å². The number of carbonyl (C=O) groups excluding carboxylic acids is 1. The number of hydrogen-bond donors (Lipinski definition) is 1. The molecule has 2 saturated heterocycles. The lowest BCUT2D eigenvalue weighted by atomic mass is 10.2. The van der Waals surface area contributed by atoms with Gasteiger partial charge in [0.15, 0.2) is 0 Å². The summed E-state index contributed by atoms with van der Waals surface area (Å²) in [5, 5.41) is 3.29. The molecular formula is C13H18N2O2S. The van der Waals surface area contributed by atoms with E-state index in [1.807, 2.05) is 4.90 Å². The molecule has 0 bridgehead atoms. The Morgan fingerprint density at radius 1 is 1.56 bits per heavy atom. The molecule has 4 nitrogen and oxygen atoms in total. The highest BCUT2D eigenvalue weighted by atomic mass is 32.1. The Hall–Kier alpha value is -0.910. The highest BCUT2D eigenvalue weighted by molar-refractivity contribution is 7.12. The molecule has 0 radical (unpaired) electrons. The van der Waals surface area contributed by atoms with E-state index in [0.717, 1.165) is 19.4 Å². The molecule has 2 unspecified atom stereocenters. The standard InChI is InChI=1S/C13H18N2O2S/c1-9-4-5-11(18-9)13-14-7-12(16)15(13)8-10-3-2-6-17-10/h4-5,10,13-14H,2-3,6-8H2,1H3. The fraction of sp³-hybridized carbons (Fsp3) is 0.615. The summed E-state index contributed by atoms with van der Waals surface area (Å²) < 4.78 is 5.63. The zero-order valence-corrected chi connectivity index (χ0v) is 11.3. The van der Waals surface area contributed by atoms with Crippen molar-refractivity contribution in [1.82, 2.24) is 10.2 Å². The van der Waals surface area contributed by atoms with E-state index in [1.54, 1.807) is 11.3 Å². The number of hydrogen-bond acceptors (Lipinski definition) is 4. The third kappa shape index (κ3) is 2.30. The summed E-state index contributed by atoms with van der Waals surface area (Å²) in [4.78, 5) is 16.4. The molecule has 2 aliphatic heterocycles. The molecule has 1 amide bonds. The molecule has 1 aromatic heterocycles. The van der Waals surface area contributed by atoms with E-state index in [0.29, 0.717) is 13.1 Å². The van der Waals surface area contributed by atoms with Crippen molar-refractivity contribution in [3.05, 3.63) is 21.9 Å². The number of aryl methyl sites for hydroxylation is 1. The minimum Gasteiger partial charge on any atom is -0.376 e. The Kier molecular flexibility index (Phi) is 3.37. The maximum atomic E-state index is 12.0. The van der Waals surface area contributed by atoms with Crippen molar-refractivity contribution in [2.24, 2.45) is 0 Å². The van der Waals surface area contributed by atoms with Gasteiger partial charge in [-0.2, -0.15) is 0 Å². The third-order valence-corrected chi connectivity index (χ3v) is 4.59. The molecule has 5 heteroatoms. The lowest BCUT2D eigenvalue weighted by molar-refractivity contribution is -0.129. The highest BCUT2D eigenvalue weighted by Gasteiger charge is 2.34. The zero-order valence-electron chi connectivity index (χ0n) is 10.5. The maximum Gasteiger partial charge on any atom is 0.238 e. The number of thiophene rings is 1. The minimum atomic E-state index is 0.0420. The number of carbonyl (C=O) groups is 1. The average Bonchev–Trinajstić information content (AvgIpc) is 3.04. The van der Waals surface area contributed by atoms with Crippen LogP contribution in [0.5, 0.6) is 0 Å². The second kappa shape index (κ2) is 4.99. The van der Waals surface area contributed by atoms with E-state index in [4.69, 9.17) is 4.74 Å². The predicted octanol–water partition coefficient (Wildman–Crippen LogP) is 1.67. The van der Waals surface area contributed by atoms with E-state index in [1.165, 1.54) is 9.75 Å². The van der Waals surface area contributed by atoms with Crippen LogP contribution < -0.4 is 5.32 Å². The number of nitrogens with zero attached hydrogens (tertiary/aromatic N) is 1. The molecule has 3 heterocycles. The van der Waals surface area contributed by atoms with Crippen LogP contribution in [0.4, 0.5) is 0 Å². The normalized spacial score (nSPS) is 28.3. The van der Waals surface area contributed by atoms with Crippen molar-refractivity contribution < 1.29 is 9.53 Å². The van der Waals surface area contributed by atoms with E-state index < -0.39 is 0 Å². The molecule has 0 aliphatic carbocycles. The van der Waals surface area contributed by atoms with Crippen molar-refractivity contribution >= 4 is 17.2 Å². The van der Waals surface area contributed by atoms with Gasteiger partial charge >= 0.3 is 0 Å². The number of nitrogens with one attached hydrogen (secondary N) is 1. The van der Waals surface area contributed by atoms with Gasteiger partial charge in [0.2, 0.25) is 5.91 Å². The Morgan fingerprint density at radius 3 is 3.11 bits per heavy atom.